The second-order valence-electron chi connectivity index (χ2n) is 10.7. The molecule has 37 heavy (non-hydrogen) atoms. The Morgan fingerprint density at radius 2 is 1.76 bits per heavy atom. The molecule has 0 unspecified atom stereocenters. The fraction of sp³-hybridized carbons (Fsp3) is 0.633. The van der Waals surface area contributed by atoms with Crippen LogP contribution in [0.2, 0.25) is 0 Å². The molecule has 1 amide bonds. The highest BCUT2D eigenvalue weighted by Gasteiger charge is 2.50. The van der Waals surface area contributed by atoms with E-state index in [0.717, 1.165) is 12.8 Å². The number of ether oxygens (including phenoxy) is 3. The Morgan fingerprint density at radius 1 is 1.11 bits per heavy atom. The molecular weight excluding hydrogens is 468 g/mol. The number of esters is 1. The van der Waals surface area contributed by atoms with Crippen LogP contribution in [0.4, 0.5) is 0 Å². The van der Waals surface area contributed by atoms with Crippen molar-refractivity contribution in [1.82, 2.24) is 4.90 Å². The van der Waals surface area contributed by atoms with Crippen LogP contribution in [-0.4, -0.2) is 41.6 Å². The van der Waals surface area contributed by atoms with Gasteiger partial charge in [0.25, 0.3) is 5.91 Å². The van der Waals surface area contributed by atoms with Crippen molar-refractivity contribution in [2.24, 2.45) is 0 Å². The van der Waals surface area contributed by atoms with Crippen molar-refractivity contribution in [2.45, 2.75) is 110 Å². The highest BCUT2D eigenvalue weighted by molar-refractivity contribution is 5.91. The van der Waals surface area contributed by atoms with Gasteiger partial charge in [-0.05, 0) is 38.5 Å². The number of unbranched alkanes of at least 4 members (excludes halogenated alkanes) is 9. The van der Waals surface area contributed by atoms with E-state index in [1.807, 2.05) is 13.8 Å². The van der Waals surface area contributed by atoms with Crippen molar-refractivity contribution in [3.63, 3.8) is 0 Å². The third-order valence-corrected chi connectivity index (χ3v) is 7.11. The largest absolute Gasteiger partial charge is 0.496 e. The van der Waals surface area contributed by atoms with E-state index in [0.29, 0.717) is 29.2 Å². The zero-order chi connectivity index (χ0) is 26.8. The molecule has 0 N–H and O–H groups in total. The van der Waals surface area contributed by atoms with Gasteiger partial charge < -0.3 is 19.1 Å². The molecule has 7 heteroatoms. The molecule has 0 radical (unpaired) electrons. The van der Waals surface area contributed by atoms with Crippen molar-refractivity contribution in [3.05, 3.63) is 41.2 Å². The monoisotopic (exact) mass is 510 g/mol. The van der Waals surface area contributed by atoms with E-state index in [1.165, 1.54) is 64.4 Å². The Hall–Kier alpha value is -3.01. The van der Waals surface area contributed by atoms with Crippen molar-refractivity contribution in [2.75, 3.05) is 13.2 Å². The molecule has 0 aromatic heterocycles. The van der Waals surface area contributed by atoms with Crippen LogP contribution in [0, 0.1) is 11.3 Å². The summed E-state index contributed by atoms with van der Waals surface area (Å²) in [7, 11) is 0. The molecule has 0 bridgehead atoms. The first-order chi connectivity index (χ1) is 17.8. The van der Waals surface area contributed by atoms with E-state index in [1.54, 1.807) is 23.1 Å². The quantitative estimate of drug-likeness (QED) is 0.214. The average Bonchev–Trinajstić information content (AvgIpc) is 3.22. The van der Waals surface area contributed by atoms with Crippen molar-refractivity contribution in [3.8, 4) is 11.8 Å². The van der Waals surface area contributed by atoms with E-state index in [4.69, 9.17) is 14.2 Å². The number of fused-ring (bicyclic) bond motifs is 1. The Labute approximate surface area is 221 Å². The molecule has 2 atom stereocenters. The van der Waals surface area contributed by atoms with Crippen LogP contribution in [0.25, 0.3) is 0 Å². The summed E-state index contributed by atoms with van der Waals surface area (Å²) in [6, 6.07) is 6.68. The average molecular weight is 511 g/mol. The number of nitriles is 1. The summed E-state index contributed by atoms with van der Waals surface area (Å²) in [6.45, 7) is 8.12. The molecule has 2 aliphatic heterocycles. The first-order valence-corrected chi connectivity index (χ1v) is 13.8. The minimum absolute atomic E-state index is 0.203. The smallest absolute Gasteiger partial charge is 0.303 e. The summed E-state index contributed by atoms with van der Waals surface area (Å²) in [5.41, 5.74) is 0.227. The summed E-state index contributed by atoms with van der Waals surface area (Å²) >= 11 is 0. The fourth-order valence-corrected chi connectivity index (χ4v) is 5.17. The number of hydrogen-bond donors (Lipinski definition) is 0. The van der Waals surface area contributed by atoms with E-state index in [2.05, 4.69) is 13.0 Å². The maximum atomic E-state index is 13.1. The molecule has 7 nitrogen and oxygen atoms in total. The fourth-order valence-electron chi connectivity index (χ4n) is 5.17. The highest BCUT2D eigenvalue weighted by Crippen LogP contribution is 2.45. The lowest BCUT2D eigenvalue weighted by Gasteiger charge is -2.46. The predicted octanol–water partition coefficient (Wildman–Crippen LogP) is 6.37. The third-order valence-electron chi connectivity index (χ3n) is 7.11. The van der Waals surface area contributed by atoms with E-state index in [9.17, 15) is 14.9 Å². The van der Waals surface area contributed by atoms with Crippen LogP contribution in [0.1, 0.15) is 109 Å². The van der Waals surface area contributed by atoms with Gasteiger partial charge >= 0.3 is 5.97 Å². The minimum Gasteiger partial charge on any atom is -0.496 e. The number of carbonyl (C=O) groups excluding carboxylic acids is 2. The summed E-state index contributed by atoms with van der Waals surface area (Å²) in [5, 5.41) is 9.44. The van der Waals surface area contributed by atoms with Gasteiger partial charge in [0.15, 0.2) is 6.10 Å². The van der Waals surface area contributed by atoms with Gasteiger partial charge in [0, 0.05) is 18.6 Å². The van der Waals surface area contributed by atoms with Gasteiger partial charge in [0.1, 0.15) is 23.2 Å². The summed E-state index contributed by atoms with van der Waals surface area (Å²) < 4.78 is 17.8. The molecule has 0 aliphatic carbocycles. The van der Waals surface area contributed by atoms with E-state index in [-0.39, 0.29) is 12.5 Å². The zero-order valence-electron chi connectivity index (χ0n) is 22.9. The lowest BCUT2D eigenvalue weighted by atomic mass is 9.84. The number of carbonyl (C=O) groups is 2. The maximum Gasteiger partial charge on any atom is 0.303 e. The molecule has 2 aliphatic rings. The third kappa shape index (κ3) is 7.74. The number of amides is 1. The van der Waals surface area contributed by atoms with Crippen molar-refractivity contribution in [1.29, 1.82) is 5.26 Å². The Kier molecular flexibility index (Phi) is 10.4. The number of hydrogen-bond acceptors (Lipinski definition) is 6. The Balaban J connectivity index is 1.57. The minimum atomic E-state index is -0.878. The summed E-state index contributed by atoms with van der Waals surface area (Å²) in [5.74, 6) is 0.532. The molecule has 2 heterocycles. The van der Waals surface area contributed by atoms with Gasteiger partial charge in [0.2, 0.25) is 0 Å². The molecule has 0 spiro atoms. The lowest BCUT2D eigenvalue weighted by Crippen LogP contribution is -2.55. The second kappa shape index (κ2) is 13.5. The molecule has 0 fully saturated rings. The number of nitrogens with zero attached hydrogens (tertiary/aromatic N) is 2. The Morgan fingerprint density at radius 3 is 2.38 bits per heavy atom. The number of rotatable bonds is 14. The van der Waals surface area contributed by atoms with E-state index >= 15 is 0 Å². The maximum absolute atomic E-state index is 13.1. The second-order valence-corrected chi connectivity index (χ2v) is 10.7. The van der Waals surface area contributed by atoms with Crippen LogP contribution in [0.5, 0.6) is 5.75 Å². The normalized spacial score (nSPS) is 20.0. The standard InChI is InChI=1S/C30H42N2O5/c1-5-6-7-8-9-10-11-12-13-14-17-35-24-19-27(34)32(21-24)28-25-18-23(20-31)15-16-26(25)37-30(3,4)29(28)36-22(2)33/h15-16,18-19,28-29H,5-14,17,21H2,1-4H3/t28-,29+/m0/s1. The van der Waals surface area contributed by atoms with Gasteiger partial charge in [0.05, 0.1) is 24.8 Å². The van der Waals surface area contributed by atoms with Gasteiger partial charge in [-0.2, -0.15) is 5.26 Å². The Bertz CT molecular complexity index is 1010. The molecule has 1 aromatic carbocycles. The topological polar surface area (TPSA) is 88.9 Å². The molecule has 1 aromatic rings. The molecule has 0 saturated heterocycles. The molecule has 3 rings (SSSR count). The van der Waals surface area contributed by atoms with Gasteiger partial charge in [-0.3, -0.25) is 9.59 Å². The van der Waals surface area contributed by atoms with Crippen molar-refractivity contribution >= 4 is 11.9 Å². The van der Waals surface area contributed by atoms with Crippen LogP contribution < -0.4 is 4.74 Å². The lowest BCUT2D eigenvalue weighted by molar-refractivity contribution is -0.171. The summed E-state index contributed by atoms with van der Waals surface area (Å²) in [4.78, 5) is 26.8. The summed E-state index contributed by atoms with van der Waals surface area (Å²) in [6.07, 6.45) is 13.3. The van der Waals surface area contributed by atoms with Gasteiger partial charge in [-0.25, -0.2) is 0 Å². The van der Waals surface area contributed by atoms with Crippen LogP contribution in [0.15, 0.2) is 30.0 Å². The first kappa shape index (κ1) is 28.6. The van der Waals surface area contributed by atoms with E-state index < -0.39 is 23.7 Å². The van der Waals surface area contributed by atoms with Crippen LogP contribution in [0.3, 0.4) is 0 Å². The SMILES string of the molecule is CCCCCCCCCCCCOC1=CC(=O)N([C@H]2c3cc(C#N)ccc3OC(C)(C)[C@@H]2OC(C)=O)C1. The molecule has 0 saturated carbocycles. The molecular formula is C30H42N2O5. The van der Waals surface area contributed by atoms with Crippen LogP contribution >= 0.6 is 0 Å². The van der Waals surface area contributed by atoms with Gasteiger partial charge in [-0.1, -0.05) is 64.7 Å². The first-order valence-electron chi connectivity index (χ1n) is 13.8. The van der Waals surface area contributed by atoms with Crippen molar-refractivity contribution < 1.29 is 23.8 Å². The highest BCUT2D eigenvalue weighted by atomic mass is 16.6. The number of benzene rings is 1. The zero-order valence-corrected chi connectivity index (χ0v) is 22.9. The predicted molar refractivity (Wildman–Crippen MR) is 142 cm³/mol. The van der Waals surface area contributed by atoms with Crippen LogP contribution in [-0.2, 0) is 19.1 Å². The van der Waals surface area contributed by atoms with Gasteiger partial charge in [-0.15, -0.1) is 0 Å². The molecule has 202 valence electrons.